The maximum Gasteiger partial charge on any atom is 0.247 e. The molecule has 1 aromatic heterocycles. The Morgan fingerprint density at radius 2 is 1.95 bits per heavy atom. The molecule has 1 atom stereocenters. The van der Waals surface area contributed by atoms with E-state index in [1.54, 1.807) is 18.4 Å². The summed E-state index contributed by atoms with van der Waals surface area (Å²) in [5.41, 5.74) is 2.71. The minimum atomic E-state index is -3.43. The second-order valence-corrected chi connectivity index (χ2v) is 7.03. The number of rotatable bonds is 3. The molecule has 110 valence electrons. The van der Waals surface area contributed by atoms with Crippen LogP contribution < -0.4 is 0 Å². The predicted molar refractivity (Wildman–Crippen MR) is 80.5 cm³/mol. The van der Waals surface area contributed by atoms with Crippen molar-refractivity contribution in [2.24, 2.45) is 5.10 Å². The van der Waals surface area contributed by atoms with Crippen molar-refractivity contribution in [2.75, 3.05) is 6.26 Å². The number of hydrogen-bond donors (Lipinski definition) is 0. The molecule has 0 spiro atoms. The summed E-state index contributed by atoms with van der Waals surface area (Å²) in [6.45, 7) is 2.00. The summed E-state index contributed by atoms with van der Waals surface area (Å²) >= 11 is 0. The van der Waals surface area contributed by atoms with Crippen molar-refractivity contribution in [3.05, 3.63) is 59.5 Å². The van der Waals surface area contributed by atoms with E-state index >= 15 is 0 Å². The molecule has 0 saturated carbocycles. The summed E-state index contributed by atoms with van der Waals surface area (Å²) in [4.78, 5) is 0. The minimum absolute atomic E-state index is 0.319. The number of benzene rings is 1. The van der Waals surface area contributed by atoms with Gasteiger partial charge in [0.15, 0.2) is 0 Å². The summed E-state index contributed by atoms with van der Waals surface area (Å²) in [6.07, 6.45) is 3.23. The third kappa shape index (κ3) is 2.71. The molecule has 0 unspecified atom stereocenters. The second-order valence-electron chi connectivity index (χ2n) is 5.19. The van der Waals surface area contributed by atoms with Gasteiger partial charge in [-0.1, -0.05) is 29.8 Å². The Kier molecular flexibility index (Phi) is 3.33. The molecule has 0 N–H and O–H groups in total. The van der Waals surface area contributed by atoms with Crippen LogP contribution in [0.1, 0.15) is 29.3 Å². The molecule has 1 aliphatic rings. The molecule has 5 nitrogen and oxygen atoms in total. The number of aryl methyl sites for hydroxylation is 1. The van der Waals surface area contributed by atoms with E-state index in [4.69, 9.17) is 4.42 Å². The van der Waals surface area contributed by atoms with Crippen LogP contribution in [0.3, 0.4) is 0 Å². The molecular weight excluding hydrogens is 288 g/mol. The third-order valence-corrected chi connectivity index (χ3v) is 4.50. The zero-order chi connectivity index (χ0) is 15.0. The Morgan fingerprint density at radius 3 is 2.52 bits per heavy atom. The molecule has 0 amide bonds. The van der Waals surface area contributed by atoms with Gasteiger partial charge in [-0.3, -0.25) is 0 Å². The summed E-state index contributed by atoms with van der Waals surface area (Å²) < 4.78 is 30.5. The largest absolute Gasteiger partial charge is 0.463 e. The molecular formula is C15H16N2O3S. The van der Waals surface area contributed by atoms with Crippen LogP contribution in [0.4, 0.5) is 0 Å². The first kappa shape index (κ1) is 13.9. The van der Waals surface area contributed by atoms with Gasteiger partial charge in [0.05, 0.1) is 18.6 Å². The van der Waals surface area contributed by atoms with Crippen LogP contribution in [0.2, 0.25) is 0 Å². The molecule has 0 aliphatic carbocycles. The molecule has 2 heterocycles. The summed E-state index contributed by atoms with van der Waals surface area (Å²) in [7, 11) is -3.43. The van der Waals surface area contributed by atoms with Gasteiger partial charge in [-0.15, -0.1) is 0 Å². The van der Waals surface area contributed by atoms with Crippen LogP contribution in [-0.2, 0) is 10.0 Å². The molecule has 6 heteroatoms. The average molecular weight is 304 g/mol. The SMILES string of the molecule is Cc1ccc([C@@H]2CC(c3ccco3)=NN2S(C)(=O)=O)cc1. The fourth-order valence-corrected chi connectivity index (χ4v) is 3.33. The van der Waals surface area contributed by atoms with Gasteiger partial charge in [0.25, 0.3) is 0 Å². The molecule has 1 aliphatic heterocycles. The number of nitrogens with zero attached hydrogens (tertiary/aromatic N) is 2. The van der Waals surface area contributed by atoms with Crippen molar-refractivity contribution in [3.8, 4) is 0 Å². The highest BCUT2D eigenvalue weighted by Crippen LogP contribution is 2.34. The zero-order valence-corrected chi connectivity index (χ0v) is 12.7. The topological polar surface area (TPSA) is 62.9 Å². The van der Waals surface area contributed by atoms with E-state index in [1.165, 1.54) is 10.7 Å². The van der Waals surface area contributed by atoms with Crippen molar-refractivity contribution in [2.45, 2.75) is 19.4 Å². The first-order chi connectivity index (χ1) is 9.95. The maximum absolute atomic E-state index is 12.0. The van der Waals surface area contributed by atoms with Crippen LogP contribution in [0, 0.1) is 6.92 Å². The first-order valence-corrected chi connectivity index (χ1v) is 8.47. The second kappa shape index (κ2) is 5.04. The number of furan rings is 1. The molecule has 0 fully saturated rings. The average Bonchev–Trinajstić information content (AvgIpc) is 3.07. The van der Waals surface area contributed by atoms with E-state index < -0.39 is 10.0 Å². The minimum Gasteiger partial charge on any atom is -0.463 e. The van der Waals surface area contributed by atoms with Crippen molar-refractivity contribution >= 4 is 15.7 Å². The van der Waals surface area contributed by atoms with Gasteiger partial charge >= 0.3 is 0 Å². The van der Waals surface area contributed by atoms with Crippen LogP contribution in [0.25, 0.3) is 0 Å². The number of hydrogen-bond acceptors (Lipinski definition) is 4. The number of sulfonamides is 1. The van der Waals surface area contributed by atoms with E-state index in [-0.39, 0.29) is 6.04 Å². The van der Waals surface area contributed by atoms with E-state index in [2.05, 4.69) is 5.10 Å². The van der Waals surface area contributed by atoms with Gasteiger partial charge in [-0.25, -0.2) is 8.42 Å². The van der Waals surface area contributed by atoms with Gasteiger partial charge in [0.1, 0.15) is 11.5 Å². The normalized spacial score (nSPS) is 18.9. The van der Waals surface area contributed by atoms with Crippen LogP contribution in [0.15, 0.2) is 52.2 Å². The van der Waals surface area contributed by atoms with E-state index in [9.17, 15) is 8.42 Å². The van der Waals surface area contributed by atoms with Crippen LogP contribution >= 0.6 is 0 Å². The van der Waals surface area contributed by atoms with Crippen molar-refractivity contribution in [1.29, 1.82) is 0 Å². The van der Waals surface area contributed by atoms with E-state index in [0.29, 0.717) is 17.9 Å². The molecule has 21 heavy (non-hydrogen) atoms. The summed E-state index contributed by atoms with van der Waals surface area (Å²) in [5, 5.41) is 4.25. The molecule has 0 saturated heterocycles. The molecule has 1 aromatic carbocycles. The Bertz CT molecular complexity index is 762. The van der Waals surface area contributed by atoms with E-state index in [1.807, 2.05) is 31.2 Å². The Labute approximate surface area is 123 Å². The third-order valence-electron chi connectivity index (χ3n) is 3.48. The lowest BCUT2D eigenvalue weighted by Gasteiger charge is -2.21. The Balaban J connectivity index is 2.00. The summed E-state index contributed by atoms with van der Waals surface area (Å²) in [5.74, 6) is 0.610. The standard InChI is InChI=1S/C15H16N2O3S/c1-11-5-7-12(8-6-11)14-10-13(15-4-3-9-20-15)16-17(14)21(2,18)19/h3-9,14H,10H2,1-2H3/t14-/m0/s1. The van der Waals surface area contributed by atoms with Crippen molar-refractivity contribution in [3.63, 3.8) is 0 Å². The monoisotopic (exact) mass is 304 g/mol. The summed E-state index contributed by atoms with van der Waals surface area (Å²) in [6, 6.07) is 11.1. The van der Waals surface area contributed by atoms with E-state index in [0.717, 1.165) is 11.1 Å². The quantitative estimate of drug-likeness (QED) is 0.876. The van der Waals surface area contributed by atoms with Crippen molar-refractivity contribution in [1.82, 2.24) is 4.41 Å². The Morgan fingerprint density at radius 1 is 1.24 bits per heavy atom. The Hall–Kier alpha value is -2.08. The van der Waals surface area contributed by atoms with Gasteiger partial charge < -0.3 is 4.42 Å². The molecule has 2 aromatic rings. The highest BCUT2D eigenvalue weighted by Gasteiger charge is 2.35. The van der Waals surface area contributed by atoms with Crippen LogP contribution in [0.5, 0.6) is 0 Å². The lowest BCUT2D eigenvalue weighted by Crippen LogP contribution is -2.25. The first-order valence-electron chi connectivity index (χ1n) is 6.62. The smallest absolute Gasteiger partial charge is 0.247 e. The highest BCUT2D eigenvalue weighted by atomic mass is 32.2. The molecule has 3 rings (SSSR count). The van der Waals surface area contributed by atoms with Crippen molar-refractivity contribution < 1.29 is 12.8 Å². The lowest BCUT2D eigenvalue weighted by molar-refractivity contribution is 0.375. The fraction of sp³-hybridized carbons (Fsp3) is 0.267. The fourth-order valence-electron chi connectivity index (χ4n) is 2.42. The predicted octanol–water partition coefficient (Wildman–Crippen LogP) is 2.70. The van der Waals surface area contributed by atoms with Gasteiger partial charge in [0, 0.05) is 6.42 Å². The molecule has 0 radical (unpaired) electrons. The van der Waals surface area contributed by atoms with Gasteiger partial charge in [-0.05, 0) is 24.6 Å². The van der Waals surface area contributed by atoms with Crippen LogP contribution in [-0.4, -0.2) is 24.8 Å². The van der Waals surface area contributed by atoms with Gasteiger partial charge in [0.2, 0.25) is 10.0 Å². The lowest BCUT2D eigenvalue weighted by atomic mass is 10.0. The number of hydrazone groups is 1. The molecule has 0 bridgehead atoms. The van der Waals surface area contributed by atoms with Gasteiger partial charge in [-0.2, -0.15) is 9.52 Å². The maximum atomic E-state index is 12.0. The zero-order valence-electron chi connectivity index (χ0n) is 11.9. The highest BCUT2D eigenvalue weighted by molar-refractivity contribution is 7.88.